The molecule has 2 N–H and O–H groups in total. The molecule has 0 atom stereocenters. The number of rotatable bonds is 9. The van der Waals surface area contributed by atoms with Gasteiger partial charge in [-0.25, -0.2) is 10.2 Å². The minimum absolute atomic E-state index is 0.220. The molecule has 174 valence electrons. The number of benzene rings is 3. The van der Waals surface area contributed by atoms with Crippen LogP contribution in [0.3, 0.4) is 0 Å². The standard InChI is InChI=1S/C25H22BrN3O5/c1-33-25(32)18-11-9-17(10-12-18)16-34-22-8-3-2-5-20(22)14-28-29-23(30)15-27-24(31)19-6-4-7-21(26)13-19/h2-14H,15-16H2,1H3,(H,27,31)(H,29,30)/b28-14+. The molecule has 3 aromatic rings. The zero-order valence-electron chi connectivity index (χ0n) is 18.3. The number of hydrogen-bond acceptors (Lipinski definition) is 6. The number of nitrogens with zero attached hydrogens (tertiary/aromatic N) is 1. The van der Waals surface area contributed by atoms with Gasteiger partial charge in [0, 0.05) is 15.6 Å². The second-order valence-corrected chi connectivity index (χ2v) is 7.92. The Kier molecular flexibility index (Phi) is 8.93. The average molecular weight is 524 g/mol. The third kappa shape index (κ3) is 7.28. The van der Waals surface area contributed by atoms with Crippen molar-refractivity contribution in [1.82, 2.24) is 10.7 Å². The number of para-hydroxylation sites is 1. The highest BCUT2D eigenvalue weighted by molar-refractivity contribution is 9.10. The minimum Gasteiger partial charge on any atom is -0.488 e. The number of carbonyl (C=O) groups is 3. The van der Waals surface area contributed by atoms with Gasteiger partial charge in [0.25, 0.3) is 11.8 Å². The third-order valence-corrected chi connectivity index (χ3v) is 5.07. The predicted molar refractivity (Wildman–Crippen MR) is 131 cm³/mol. The molecule has 0 aliphatic carbocycles. The van der Waals surface area contributed by atoms with Gasteiger partial charge in [0.15, 0.2) is 0 Å². The molecule has 0 aliphatic heterocycles. The van der Waals surface area contributed by atoms with Gasteiger partial charge in [0.1, 0.15) is 12.4 Å². The minimum atomic E-state index is -0.469. The van der Waals surface area contributed by atoms with E-state index in [1.807, 2.05) is 12.1 Å². The van der Waals surface area contributed by atoms with Crippen molar-refractivity contribution in [3.63, 3.8) is 0 Å². The number of esters is 1. The van der Waals surface area contributed by atoms with Gasteiger partial charge < -0.3 is 14.8 Å². The van der Waals surface area contributed by atoms with E-state index >= 15 is 0 Å². The first-order valence-electron chi connectivity index (χ1n) is 10.2. The third-order valence-electron chi connectivity index (χ3n) is 4.58. The van der Waals surface area contributed by atoms with Gasteiger partial charge in [0.05, 0.1) is 25.4 Å². The van der Waals surface area contributed by atoms with Crippen LogP contribution in [0.2, 0.25) is 0 Å². The quantitative estimate of drug-likeness (QED) is 0.252. The van der Waals surface area contributed by atoms with Gasteiger partial charge in [-0.15, -0.1) is 0 Å². The Bertz CT molecular complexity index is 1200. The van der Waals surface area contributed by atoms with E-state index in [9.17, 15) is 14.4 Å². The highest BCUT2D eigenvalue weighted by Gasteiger charge is 2.08. The summed E-state index contributed by atoms with van der Waals surface area (Å²) in [6, 6.07) is 21.0. The van der Waals surface area contributed by atoms with E-state index in [0.717, 1.165) is 10.0 Å². The van der Waals surface area contributed by atoms with E-state index in [1.165, 1.54) is 13.3 Å². The zero-order valence-corrected chi connectivity index (χ0v) is 19.9. The molecule has 0 radical (unpaired) electrons. The fourth-order valence-electron chi connectivity index (χ4n) is 2.84. The molecule has 34 heavy (non-hydrogen) atoms. The summed E-state index contributed by atoms with van der Waals surface area (Å²) in [6.07, 6.45) is 1.46. The summed E-state index contributed by atoms with van der Waals surface area (Å²) in [6.45, 7) is 0.0582. The number of amides is 2. The summed E-state index contributed by atoms with van der Waals surface area (Å²) in [5.74, 6) is -0.660. The topological polar surface area (TPSA) is 106 Å². The molecule has 9 heteroatoms. The van der Waals surface area contributed by atoms with Gasteiger partial charge in [-0.05, 0) is 48.0 Å². The van der Waals surface area contributed by atoms with Crippen LogP contribution in [0.1, 0.15) is 31.8 Å². The molecule has 2 amide bonds. The van der Waals surface area contributed by atoms with Crippen LogP contribution in [-0.4, -0.2) is 37.7 Å². The lowest BCUT2D eigenvalue weighted by Gasteiger charge is -2.09. The molecule has 0 spiro atoms. The van der Waals surface area contributed by atoms with E-state index < -0.39 is 11.9 Å². The first-order valence-corrected chi connectivity index (χ1v) is 11.0. The number of ether oxygens (including phenoxy) is 2. The lowest BCUT2D eigenvalue weighted by molar-refractivity contribution is -0.120. The van der Waals surface area contributed by atoms with Crippen LogP contribution in [0.25, 0.3) is 0 Å². The molecule has 0 saturated carbocycles. The maximum absolute atomic E-state index is 12.1. The van der Waals surface area contributed by atoms with Crippen LogP contribution in [0.5, 0.6) is 5.75 Å². The highest BCUT2D eigenvalue weighted by atomic mass is 79.9. The number of nitrogens with one attached hydrogen (secondary N) is 2. The summed E-state index contributed by atoms with van der Waals surface area (Å²) >= 11 is 3.30. The summed E-state index contributed by atoms with van der Waals surface area (Å²) < 4.78 is 11.3. The lowest BCUT2D eigenvalue weighted by atomic mass is 10.1. The summed E-state index contributed by atoms with van der Waals surface area (Å²) in [7, 11) is 1.33. The number of methoxy groups -OCH3 is 1. The summed E-state index contributed by atoms with van der Waals surface area (Å²) in [5, 5.41) is 6.49. The lowest BCUT2D eigenvalue weighted by Crippen LogP contribution is -2.34. The Morgan fingerprint density at radius 3 is 2.47 bits per heavy atom. The number of halogens is 1. The van der Waals surface area contributed by atoms with Crippen molar-refractivity contribution in [2.75, 3.05) is 13.7 Å². The monoisotopic (exact) mass is 523 g/mol. The molecule has 0 aliphatic rings. The summed E-state index contributed by atoms with van der Waals surface area (Å²) in [5.41, 5.74) is 4.81. The second kappa shape index (κ2) is 12.3. The van der Waals surface area contributed by atoms with Crippen molar-refractivity contribution in [3.8, 4) is 5.75 Å². The smallest absolute Gasteiger partial charge is 0.337 e. The molecule has 0 unspecified atom stereocenters. The summed E-state index contributed by atoms with van der Waals surface area (Å²) in [4.78, 5) is 35.7. The van der Waals surface area contributed by atoms with Gasteiger partial charge in [-0.3, -0.25) is 9.59 Å². The van der Waals surface area contributed by atoms with Crippen LogP contribution in [0.15, 0.2) is 82.4 Å². The molecule has 8 nitrogen and oxygen atoms in total. The predicted octanol–water partition coefficient (Wildman–Crippen LogP) is 3.69. The maximum atomic E-state index is 12.1. The Balaban J connectivity index is 1.51. The average Bonchev–Trinajstić information content (AvgIpc) is 2.86. The van der Waals surface area contributed by atoms with Gasteiger partial charge in [0.2, 0.25) is 0 Å². The fraction of sp³-hybridized carbons (Fsp3) is 0.120. The van der Waals surface area contributed by atoms with Crippen LogP contribution >= 0.6 is 15.9 Å². The van der Waals surface area contributed by atoms with Crippen molar-refractivity contribution >= 4 is 39.9 Å². The van der Waals surface area contributed by atoms with Crippen molar-refractivity contribution in [3.05, 3.63) is 99.5 Å². The fourth-order valence-corrected chi connectivity index (χ4v) is 3.24. The Labute approximate surface area is 205 Å². The first kappa shape index (κ1) is 24.7. The largest absolute Gasteiger partial charge is 0.488 e. The molecule has 0 saturated heterocycles. The van der Waals surface area contributed by atoms with Crippen LogP contribution in [-0.2, 0) is 16.1 Å². The van der Waals surface area contributed by atoms with E-state index in [0.29, 0.717) is 22.4 Å². The molecule has 3 aromatic carbocycles. The Morgan fingerprint density at radius 1 is 0.971 bits per heavy atom. The van der Waals surface area contributed by atoms with Crippen LogP contribution in [0, 0.1) is 0 Å². The van der Waals surface area contributed by atoms with Crippen LogP contribution in [0.4, 0.5) is 0 Å². The van der Waals surface area contributed by atoms with E-state index in [-0.39, 0.29) is 19.1 Å². The number of carbonyl (C=O) groups excluding carboxylic acids is 3. The first-order chi connectivity index (χ1) is 16.5. The molecule has 0 bridgehead atoms. The SMILES string of the molecule is COC(=O)c1ccc(COc2ccccc2/C=N/NC(=O)CNC(=O)c2cccc(Br)c2)cc1. The van der Waals surface area contributed by atoms with Gasteiger partial charge in [-0.1, -0.05) is 46.3 Å². The molecule has 3 rings (SSSR count). The Morgan fingerprint density at radius 2 is 1.74 bits per heavy atom. The molecule has 0 heterocycles. The zero-order chi connectivity index (χ0) is 24.3. The van der Waals surface area contributed by atoms with Gasteiger partial charge >= 0.3 is 5.97 Å². The highest BCUT2D eigenvalue weighted by Crippen LogP contribution is 2.18. The van der Waals surface area contributed by atoms with Crippen molar-refractivity contribution in [1.29, 1.82) is 0 Å². The van der Waals surface area contributed by atoms with E-state index in [4.69, 9.17) is 4.74 Å². The molecule has 0 aromatic heterocycles. The maximum Gasteiger partial charge on any atom is 0.337 e. The number of hydrazone groups is 1. The van der Waals surface area contributed by atoms with E-state index in [2.05, 4.69) is 36.5 Å². The van der Waals surface area contributed by atoms with Gasteiger partial charge in [-0.2, -0.15) is 5.10 Å². The van der Waals surface area contributed by atoms with Crippen molar-refractivity contribution in [2.45, 2.75) is 6.61 Å². The molecular formula is C25H22BrN3O5. The number of hydrogen-bond donors (Lipinski definition) is 2. The van der Waals surface area contributed by atoms with Crippen molar-refractivity contribution < 1.29 is 23.9 Å². The van der Waals surface area contributed by atoms with Crippen molar-refractivity contribution in [2.24, 2.45) is 5.10 Å². The van der Waals surface area contributed by atoms with Crippen LogP contribution < -0.4 is 15.5 Å². The molecule has 0 fully saturated rings. The normalized spacial score (nSPS) is 10.5. The van der Waals surface area contributed by atoms with E-state index in [1.54, 1.807) is 60.7 Å². The molecular weight excluding hydrogens is 502 g/mol. The second-order valence-electron chi connectivity index (χ2n) is 7.00. The Hall–Kier alpha value is -3.98.